The zero-order valence-electron chi connectivity index (χ0n) is 8.00. The number of carbonyl (C=O) groups is 2. The average molecular weight is 188 g/mol. The number of carbonyl (C=O) groups excluding carboxylic acids is 2. The van der Waals surface area contributed by atoms with E-state index in [-0.39, 0.29) is 24.8 Å². The van der Waals surface area contributed by atoms with Crippen LogP contribution in [0.4, 0.5) is 0 Å². The quantitative estimate of drug-likeness (QED) is 0.565. The van der Waals surface area contributed by atoms with E-state index in [1.807, 2.05) is 0 Å². The number of amides is 1. The molecule has 0 spiro atoms. The molecule has 0 aliphatic heterocycles. The second-order valence-electron chi connectivity index (χ2n) is 2.63. The SMILES string of the molecule is CCOC(=O)CCNC(=O)[C@@H](C)N. The number of hydrogen-bond donors (Lipinski definition) is 2. The predicted octanol–water partition coefficient (Wildman–Crippen LogP) is -0.597. The summed E-state index contributed by atoms with van der Waals surface area (Å²) in [4.78, 5) is 21.7. The lowest BCUT2D eigenvalue weighted by atomic mass is 10.3. The van der Waals surface area contributed by atoms with Crippen LogP contribution in [-0.2, 0) is 14.3 Å². The third-order valence-corrected chi connectivity index (χ3v) is 1.35. The molecular weight excluding hydrogens is 172 g/mol. The van der Waals surface area contributed by atoms with Crippen molar-refractivity contribution in [1.82, 2.24) is 5.32 Å². The maximum Gasteiger partial charge on any atom is 0.307 e. The highest BCUT2D eigenvalue weighted by Gasteiger charge is 2.07. The molecular formula is C8H16N2O3. The van der Waals surface area contributed by atoms with E-state index in [4.69, 9.17) is 5.73 Å². The maximum atomic E-state index is 10.9. The summed E-state index contributed by atoms with van der Waals surface area (Å²) in [7, 11) is 0. The topological polar surface area (TPSA) is 81.4 Å². The Kier molecular flexibility index (Phi) is 5.88. The van der Waals surface area contributed by atoms with Crippen molar-refractivity contribution in [3.8, 4) is 0 Å². The van der Waals surface area contributed by atoms with Crippen LogP contribution in [0, 0.1) is 0 Å². The van der Waals surface area contributed by atoms with E-state index in [0.29, 0.717) is 6.61 Å². The molecule has 0 aliphatic rings. The van der Waals surface area contributed by atoms with Crippen LogP contribution >= 0.6 is 0 Å². The molecule has 13 heavy (non-hydrogen) atoms. The summed E-state index contributed by atoms with van der Waals surface area (Å²) in [6.45, 7) is 3.96. The van der Waals surface area contributed by atoms with E-state index in [0.717, 1.165) is 0 Å². The molecule has 0 saturated heterocycles. The molecule has 5 nitrogen and oxygen atoms in total. The first-order valence-electron chi connectivity index (χ1n) is 4.26. The molecule has 0 aliphatic carbocycles. The minimum absolute atomic E-state index is 0.187. The molecule has 0 fully saturated rings. The predicted molar refractivity (Wildman–Crippen MR) is 47.9 cm³/mol. The van der Waals surface area contributed by atoms with Crippen molar-refractivity contribution in [2.24, 2.45) is 5.73 Å². The van der Waals surface area contributed by atoms with Crippen molar-refractivity contribution in [2.45, 2.75) is 26.3 Å². The lowest BCUT2D eigenvalue weighted by molar-refractivity contribution is -0.143. The van der Waals surface area contributed by atoms with Gasteiger partial charge in [0, 0.05) is 6.54 Å². The van der Waals surface area contributed by atoms with E-state index in [2.05, 4.69) is 10.1 Å². The number of nitrogens with two attached hydrogens (primary N) is 1. The molecule has 1 amide bonds. The fraction of sp³-hybridized carbons (Fsp3) is 0.750. The van der Waals surface area contributed by atoms with Crippen LogP contribution in [0.2, 0.25) is 0 Å². The Morgan fingerprint density at radius 1 is 1.54 bits per heavy atom. The Morgan fingerprint density at radius 3 is 2.62 bits per heavy atom. The Morgan fingerprint density at radius 2 is 2.15 bits per heavy atom. The van der Waals surface area contributed by atoms with Crippen LogP contribution in [0.25, 0.3) is 0 Å². The van der Waals surface area contributed by atoms with Crippen LogP contribution in [0.1, 0.15) is 20.3 Å². The molecule has 3 N–H and O–H groups in total. The largest absolute Gasteiger partial charge is 0.466 e. The van der Waals surface area contributed by atoms with Gasteiger partial charge in [0.1, 0.15) is 0 Å². The summed E-state index contributed by atoms with van der Waals surface area (Å²) in [6.07, 6.45) is 0.187. The summed E-state index contributed by atoms with van der Waals surface area (Å²) < 4.78 is 4.66. The monoisotopic (exact) mass is 188 g/mol. The number of hydrogen-bond acceptors (Lipinski definition) is 4. The van der Waals surface area contributed by atoms with Gasteiger partial charge in [-0.2, -0.15) is 0 Å². The van der Waals surface area contributed by atoms with Gasteiger partial charge in [-0.3, -0.25) is 9.59 Å². The first-order chi connectivity index (χ1) is 6.07. The molecule has 0 aromatic rings. The lowest BCUT2D eigenvalue weighted by Crippen LogP contribution is -2.39. The van der Waals surface area contributed by atoms with Gasteiger partial charge in [-0.1, -0.05) is 0 Å². The Labute approximate surface area is 77.6 Å². The second-order valence-corrected chi connectivity index (χ2v) is 2.63. The van der Waals surface area contributed by atoms with E-state index in [1.54, 1.807) is 13.8 Å². The Bertz CT molecular complexity index is 180. The van der Waals surface area contributed by atoms with Gasteiger partial charge in [-0.15, -0.1) is 0 Å². The summed E-state index contributed by atoms with van der Waals surface area (Å²) >= 11 is 0. The number of rotatable bonds is 5. The van der Waals surface area contributed by atoms with Crippen molar-refractivity contribution >= 4 is 11.9 Å². The zero-order chi connectivity index (χ0) is 10.3. The zero-order valence-corrected chi connectivity index (χ0v) is 8.00. The average Bonchev–Trinajstić information content (AvgIpc) is 2.04. The third kappa shape index (κ3) is 6.10. The lowest BCUT2D eigenvalue weighted by Gasteiger charge is -2.06. The highest BCUT2D eigenvalue weighted by atomic mass is 16.5. The summed E-state index contributed by atoms with van der Waals surface area (Å²) in [5.41, 5.74) is 5.28. The molecule has 0 aromatic carbocycles. The molecule has 0 rings (SSSR count). The van der Waals surface area contributed by atoms with Crippen LogP contribution in [-0.4, -0.2) is 31.1 Å². The van der Waals surface area contributed by atoms with Crippen molar-refractivity contribution in [2.75, 3.05) is 13.2 Å². The Balaban J connectivity index is 3.45. The van der Waals surface area contributed by atoms with E-state index in [9.17, 15) is 9.59 Å². The fourth-order valence-corrected chi connectivity index (χ4v) is 0.682. The van der Waals surface area contributed by atoms with Gasteiger partial charge >= 0.3 is 5.97 Å². The third-order valence-electron chi connectivity index (χ3n) is 1.35. The van der Waals surface area contributed by atoms with Crippen LogP contribution < -0.4 is 11.1 Å². The van der Waals surface area contributed by atoms with E-state index < -0.39 is 6.04 Å². The molecule has 5 heteroatoms. The van der Waals surface area contributed by atoms with E-state index >= 15 is 0 Å². The van der Waals surface area contributed by atoms with Crippen LogP contribution in [0.3, 0.4) is 0 Å². The fourth-order valence-electron chi connectivity index (χ4n) is 0.682. The normalized spacial score (nSPS) is 11.9. The maximum absolute atomic E-state index is 10.9. The van der Waals surface area contributed by atoms with Gasteiger partial charge in [-0.25, -0.2) is 0 Å². The van der Waals surface area contributed by atoms with Gasteiger partial charge < -0.3 is 15.8 Å². The van der Waals surface area contributed by atoms with Crippen molar-refractivity contribution in [1.29, 1.82) is 0 Å². The number of esters is 1. The van der Waals surface area contributed by atoms with Crippen molar-refractivity contribution in [3.05, 3.63) is 0 Å². The van der Waals surface area contributed by atoms with Crippen molar-refractivity contribution in [3.63, 3.8) is 0 Å². The van der Waals surface area contributed by atoms with Crippen LogP contribution in [0.15, 0.2) is 0 Å². The highest BCUT2D eigenvalue weighted by molar-refractivity contribution is 5.81. The summed E-state index contributed by atoms with van der Waals surface area (Å²) in [5, 5.41) is 2.51. The van der Waals surface area contributed by atoms with Gasteiger partial charge in [-0.05, 0) is 13.8 Å². The molecule has 0 radical (unpaired) electrons. The van der Waals surface area contributed by atoms with Gasteiger partial charge in [0.2, 0.25) is 5.91 Å². The molecule has 0 saturated carbocycles. The van der Waals surface area contributed by atoms with Gasteiger partial charge in [0.05, 0.1) is 19.1 Å². The number of ether oxygens (including phenoxy) is 1. The summed E-state index contributed by atoms with van der Waals surface area (Å²) in [6, 6.07) is -0.540. The Hall–Kier alpha value is -1.10. The van der Waals surface area contributed by atoms with E-state index in [1.165, 1.54) is 0 Å². The molecule has 0 aromatic heterocycles. The van der Waals surface area contributed by atoms with Crippen LogP contribution in [0.5, 0.6) is 0 Å². The minimum atomic E-state index is -0.540. The highest BCUT2D eigenvalue weighted by Crippen LogP contribution is 1.84. The first kappa shape index (κ1) is 11.9. The molecule has 0 unspecified atom stereocenters. The standard InChI is InChI=1S/C8H16N2O3/c1-3-13-7(11)4-5-10-8(12)6(2)9/h6H,3-5,9H2,1-2H3,(H,10,12)/t6-/m1/s1. The first-order valence-corrected chi connectivity index (χ1v) is 4.26. The van der Waals surface area contributed by atoms with Crippen molar-refractivity contribution < 1.29 is 14.3 Å². The molecule has 0 heterocycles. The smallest absolute Gasteiger partial charge is 0.307 e. The minimum Gasteiger partial charge on any atom is -0.466 e. The molecule has 0 bridgehead atoms. The van der Waals surface area contributed by atoms with Gasteiger partial charge in [0.25, 0.3) is 0 Å². The summed E-state index contributed by atoms with van der Waals surface area (Å²) in [5.74, 6) is -0.572. The number of nitrogens with one attached hydrogen (secondary N) is 1. The van der Waals surface area contributed by atoms with Gasteiger partial charge in [0.15, 0.2) is 0 Å². The molecule has 1 atom stereocenters. The second kappa shape index (κ2) is 6.42. The molecule has 76 valence electrons.